The van der Waals surface area contributed by atoms with Crippen LogP contribution >= 0.6 is 0 Å². The highest BCUT2D eigenvalue weighted by atomic mass is 32.2. The molecule has 1 heterocycles. The summed E-state index contributed by atoms with van der Waals surface area (Å²) in [7, 11) is -3.19. The van der Waals surface area contributed by atoms with Crippen LogP contribution in [0, 0.1) is 0 Å². The Hall–Kier alpha value is -0.620. The number of likely N-dealkylation sites (N-methyl/N-ethyl adjacent to an activating group) is 1. The molecule has 1 amide bonds. The van der Waals surface area contributed by atoms with Crippen molar-refractivity contribution in [1.29, 1.82) is 0 Å². The summed E-state index contributed by atoms with van der Waals surface area (Å²) < 4.78 is 22.6. The Morgan fingerprint density at radius 3 is 2.33 bits per heavy atom. The van der Waals surface area contributed by atoms with E-state index in [1.165, 1.54) is 4.90 Å². The molecule has 15 heavy (non-hydrogen) atoms. The summed E-state index contributed by atoms with van der Waals surface area (Å²) >= 11 is 0. The second-order valence-corrected chi connectivity index (χ2v) is 5.90. The molecule has 0 radical (unpaired) electrons. The highest BCUT2D eigenvalue weighted by Crippen LogP contribution is 2.19. The molecule has 88 valence electrons. The van der Waals surface area contributed by atoms with Crippen LogP contribution in [0.1, 0.15) is 20.3 Å². The van der Waals surface area contributed by atoms with Crippen molar-refractivity contribution in [2.75, 3.05) is 18.1 Å². The first kappa shape index (κ1) is 12.4. The lowest BCUT2D eigenvalue weighted by Gasteiger charge is -2.28. The van der Waals surface area contributed by atoms with Crippen molar-refractivity contribution >= 4 is 15.7 Å². The second kappa shape index (κ2) is 4.49. The zero-order valence-corrected chi connectivity index (χ0v) is 9.83. The van der Waals surface area contributed by atoms with Crippen LogP contribution in [0.25, 0.3) is 0 Å². The van der Waals surface area contributed by atoms with Gasteiger partial charge in [-0.1, -0.05) is 6.92 Å². The summed E-state index contributed by atoms with van der Waals surface area (Å²) in [5, 5.41) is 9.60. The predicted molar refractivity (Wildman–Crippen MR) is 56.1 cm³/mol. The van der Waals surface area contributed by atoms with E-state index in [9.17, 15) is 18.3 Å². The van der Waals surface area contributed by atoms with Crippen LogP contribution in [0.5, 0.6) is 0 Å². The van der Waals surface area contributed by atoms with Crippen molar-refractivity contribution in [2.45, 2.75) is 32.4 Å². The number of aliphatic hydroxyl groups excluding tert-OH is 1. The highest BCUT2D eigenvalue weighted by molar-refractivity contribution is 7.91. The zero-order valence-electron chi connectivity index (χ0n) is 9.01. The lowest BCUT2D eigenvalue weighted by molar-refractivity contribution is -0.134. The third-order valence-corrected chi connectivity index (χ3v) is 4.36. The molecule has 0 spiro atoms. The number of aliphatic hydroxyl groups is 1. The lowest BCUT2D eigenvalue weighted by Crippen LogP contribution is -2.46. The number of sulfone groups is 1. The normalized spacial score (nSPS) is 29.0. The summed E-state index contributed by atoms with van der Waals surface area (Å²) in [6, 6.07) is -0.563. The Kier molecular flexibility index (Phi) is 3.72. The monoisotopic (exact) mass is 235 g/mol. The van der Waals surface area contributed by atoms with Crippen LogP contribution in [0.3, 0.4) is 0 Å². The fourth-order valence-corrected chi connectivity index (χ4v) is 3.71. The molecule has 0 bridgehead atoms. The van der Waals surface area contributed by atoms with E-state index in [0.717, 1.165) is 0 Å². The SMILES string of the molecule is CCC(=O)N(CC)[C@@H]1CS(=O)(=O)C[C@@H]1O. The van der Waals surface area contributed by atoms with Crippen LogP contribution < -0.4 is 0 Å². The zero-order chi connectivity index (χ0) is 11.6. The van der Waals surface area contributed by atoms with Gasteiger partial charge in [-0.25, -0.2) is 8.42 Å². The third kappa shape index (κ3) is 2.69. The van der Waals surface area contributed by atoms with Crippen LogP contribution in [0.2, 0.25) is 0 Å². The standard InChI is InChI=1S/C9H17NO4S/c1-3-9(12)10(4-2)7-5-15(13,14)6-8(7)11/h7-8,11H,3-6H2,1-2H3/t7-,8+/m1/s1. The van der Waals surface area contributed by atoms with Crippen LogP contribution in [0.4, 0.5) is 0 Å². The molecular weight excluding hydrogens is 218 g/mol. The van der Waals surface area contributed by atoms with Crippen molar-refractivity contribution in [1.82, 2.24) is 4.90 Å². The molecule has 0 aromatic rings. The van der Waals surface area contributed by atoms with Gasteiger partial charge in [-0.15, -0.1) is 0 Å². The van der Waals surface area contributed by atoms with E-state index in [1.54, 1.807) is 13.8 Å². The van der Waals surface area contributed by atoms with Gasteiger partial charge in [-0.3, -0.25) is 4.79 Å². The van der Waals surface area contributed by atoms with E-state index < -0.39 is 22.0 Å². The average molecular weight is 235 g/mol. The van der Waals surface area contributed by atoms with Crippen molar-refractivity contribution < 1.29 is 18.3 Å². The molecule has 0 aromatic carbocycles. The topological polar surface area (TPSA) is 74.7 Å². The first-order valence-corrected chi connectivity index (χ1v) is 6.91. The smallest absolute Gasteiger partial charge is 0.222 e. The van der Waals surface area contributed by atoms with E-state index in [2.05, 4.69) is 0 Å². The lowest BCUT2D eigenvalue weighted by atomic mass is 10.1. The molecule has 0 aliphatic carbocycles. The van der Waals surface area contributed by atoms with Crippen LogP contribution in [-0.2, 0) is 14.6 Å². The molecular formula is C9H17NO4S. The minimum absolute atomic E-state index is 0.112. The van der Waals surface area contributed by atoms with Gasteiger partial charge in [0.2, 0.25) is 5.91 Å². The largest absolute Gasteiger partial charge is 0.390 e. The molecule has 1 rings (SSSR count). The van der Waals surface area contributed by atoms with Crippen LogP contribution in [0.15, 0.2) is 0 Å². The molecule has 0 unspecified atom stereocenters. The van der Waals surface area contributed by atoms with Gasteiger partial charge < -0.3 is 10.0 Å². The number of amides is 1. The van der Waals surface area contributed by atoms with Gasteiger partial charge in [0, 0.05) is 13.0 Å². The summed E-state index contributed by atoms with van der Waals surface area (Å²) in [4.78, 5) is 13.0. The van der Waals surface area contributed by atoms with E-state index in [-0.39, 0.29) is 17.4 Å². The molecule has 1 saturated heterocycles. The average Bonchev–Trinajstić information content (AvgIpc) is 2.41. The van der Waals surface area contributed by atoms with Crippen LogP contribution in [-0.4, -0.2) is 54.5 Å². The molecule has 2 atom stereocenters. The van der Waals surface area contributed by atoms with E-state index >= 15 is 0 Å². The summed E-state index contributed by atoms with van der Waals surface area (Å²) in [6.45, 7) is 3.94. The first-order valence-electron chi connectivity index (χ1n) is 5.09. The molecule has 1 fully saturated rings. The van der Waals surface area contributed by atoms with Gasteiger partial charge >= 0.3 is 0 Å². The molecule has 0 aromatic heterocycles. The van der Waals surface area contributed by atoms with Crippen molar-refractivity contribution in [2.24, 2.45) is 0 Å². The minimum atomic E-state index is -3.19. The van der Waals surface area contributed by atoms with E-state index in [4.69, 9.17) is 0 Å². The first-order chi connectivity index (χ1) is 6.91. The van der Waals surface area contributed by atoms with Crippen molar-refractivity contribution in [3.05, 3.63) is 0 Å². The van der Waals surface area contributed by atoms with Crippen molar-refractivity contribution in [3.63, 3.8) is 0 Å². The number of nitrogens with zero attached hydrogens (tertiary/aromatic N) is 1. The van der Waals surface area contributed by atoms with Crippen molar-refractivity contribution in [3.8, 4) is 0 Å². The van der Waals surface area contributed by atoms with Gasteiger partial charge in [-0.05, 0) is 6.92 Å². The van der Waals surface area contributed by atoms with Gasteiger partial charge in [0.15, 0.2) is 9.84 Å². The molecule has 0 saturated carbocycles. The van der Waals surface area contributed by atoms with Gasteiger partial charge in [0.1, 0.15) is 0 Å². The Bertz CT molecular complexity index is 338. The van der Waals surface area contributed by atoms with E-state index in [0.29, 0.717) is 13.0 Å². The number of carbonyl (C=O) groups is 1. The molecule has 6 heteroatoms. The Labute approximate surface area is 90.0 Å². The number of hydrogen-bond acceptors (Lipinski definition) is 4. The summed E-state index contributed by atoms with van der Waals surface area (Å²) in [6.07, 6.45) is -0.609. The molecule has 5 nitrogen and oxygen atoms in total. The number of carbonyl (C=O) groups excluding carboxylic acids is 1. The van der Waals surface area contributed by atoms with E-state index in [1.807, 2.05) is 0 Å². The third-order valence-electron chi connectivity index (χ3n) is 2.66. The second-order valence-electron chi connectivity index (χ2n) is 3.74. The fourth-order valence-electron chi connectivity index (χ4n) is 1.91. The maximum absolute atomic E-state index is 11.5. The predicted octanol–water partition coefficient (Wildman–Crippen LogP) is -0.597. The Morgan fingerprint density at radius 2 is 2.00 bits per heavy atom. The maximum Gasteiger partial charge on any atom is 0.222 e. The highest BCUT2D eigenvalue weighted by Gasteiger charge is 2.40. The Balaban J connectivity index is 2.83. The minimum Gasteiger partial charge on any atom is -0.390 e. The van der Waals surface area contributed by atoms with Gasteiger partial charge in [0.05, 0.1) is 23.7 Å². The molecule has 1 aliphatic heterocycles. The summed E-state index contributed by atoms with van der Waals surface area (Å²) in [5.41, 5.74) is 0. The van der Waals surface area contributed by atoms with Gasteiger partial charge in [0.25, 0.3) is 0 Å². The quantitative estimate of drug-likeness (QED) is 0.709. The summed E-state index contributed by atoms with van der Waals surface area (Å²) in [5.74, 6) is -0.461. The van der Waals surface area contributed by atoms with Gasteiger partial charge in [-0.2, -0.15) is 0 Å². The molecule has 1 N–H and O–H groups in total. The number of rotatable bonds is 3. The fraction of sp³-hybridized carbons (Fsp3) is 0.889. The number of hydrogen-bond donors (Lipinski definition) is 1. The maximum atomic E-state index is 11.5. The Morgan fingerprint density at radius 1 is 1.40 bits per heavy atom. The molecule has 1 aliphatic rings.